The van der Waals surface area contributed by atoms with E-state index in [1.54, 1.807) is 48.8 Å². The van der Waals surface area contributed by atoms with Crippen LogP contribution in [0.4, 0.5) is 22.3 Å². The van der Waals surface area contributed by atoms with Crippen molar-refractivity contribution < 1.29 is 13.2 Å². The Morgan fingerprint density at radius 3 is 2.53 bits per heavy atom. The number of nitrogens with one attached hydrogen (secondary N) is 3. The number of aromatic nitrogens is 2. The molecule has 0 fully saturated rings. The lowest BCUT2D eigenvalue weighted by Crippen LogP contribution is -2.17. The third-order valence-electron chi connectivity index (χ3n) is 5.00. The average molecular weight is 494 g/mol. The molecule has 174 valence electrons. The van der Waals surface area contributed by atoms with Crippen LogP contribution in [0.25, 0.3) is 0 Å². The van der Waals surface area contributed by atoms with E-state index in [4.69, 9.17) is 0 Å². The summed E-state index contributed by atoms with van der Waals surface area (Å²) in [5.41, 5.74) is 3.50. The van der Waals surface area contributed by atoms with Gasteiger partial charge in [-0.05, 0) is 62.2 Å². The lowest BCUT2D eigenvalue weighted by molar-refractivity contribution is 0.102. The van der Waals surface area contributed by atoms with Crippen LogP contribution in [0.1, 0.15) is 27.2 Å². The Labute approximate surface area is 202 Å². The van der Waals surface area contributed by atoms with Gasteiger partial charge in [-0.3, -0.25) is 9.52 Å². The number of carbonyl (C=O) groups is 1. The lowest BCUT2D eigenvalue weighted by atomic mass is 10.1. The molecular formula is C24H23N5O3S2. The second-order valence-electron chi connectivity index (χ2n) is 7.74. The zero-order valence-electron chi connectivity index (χ0n) is 18.8. The highest BCUT2D eigenvalue weighted by molar-refractivity contribution is 7.92. The minimum Gasteiger partial charge on any atom is -0.321 e. The van der Waals surface area contributed by atoms with Gasteiger partial charge in [0.2, 0.25) is 0 Å². The van der Waals surface area contributed by atoms with Crippen LogP contribution >= 0.6 is 11.3 Å². The summed E-state index contributed by atoms with van der Waals surface area (Å²) in [5, 5.41) is 7.91. The van der Waals surface area contributed by atoms with E-state index in [-0.39, 0.29) is 10.6 Å². The molecule has 0 saturated heterocycles. The maximum Gasteiger partial charge on any atom is 0.275 e. The Morgan fingerprint density at radius 2 is 1.79 bits per heavy atom. The van der Waals surface area contributed by atoms with Gasteiger partial charge in [0, 0.05) is 17.3 Å². The molecule has 2 aromatic heterocycles. The third-order valence-corrected chi connectivity index (χ3v) is 7.26. The van der Waals surface area contributed by atoms with Gasteiger partial charge in [-0.15, -0.1) is 11.3 Å². The Balaban J connectivity index is 1.51. The Morgan fingerprint density at radius 1 is 0.971 bits per heavy atom. The monoisotopic (exact) mass is 493 g/mol. The maximum absolute atomic E-state index is 13.1. The molecule has 0 aliphatic heterocycles. The molecule has 1 amide bonds. The largest absolute Gasteiger partial charge is 0.321 e. The summed E-state index contributed by atoms with van der Waals surface area (Å²) >= 11 is 1.27. The second kappa shape index (κ2) is 9.62. The Bertz CT molecular complexity index is 1450. The van der Waals surface area contributed by atoms with Crippen LogP contribution in [0.15, 0.2) is 71.1 Å². The quantitative estimate of drug-likeness (QED) is 0.324. The molecule has 4 rings (SSSR count). The number of nitrogens with zero attached hydrogens (tertiary/aromatic N) is 2. The van der Waals surface area contributed by atoms with Crippen molar-refractivity contribution in [2.75, 3.05) is 15.4 Å². The first-order valence-electron chi connectivity index (χ1n) is 10.4. The highest BCUT2D eigenvalue weighted by atomic mass is 32.2. The number of benzene rings is 2. The fourth-order valence-electron chi connectivity index (χ4n) is 3.27. The first-order chi connectivity index (χ1) is 16.2. The van der Waals surface area contributed by atoms with E-state index in [2.05, 4.69) is 25.3 Å². The van der Waals surface area contributed by atoms with Crippen molar-refractivity contribution in [1.82, 2.24) is 9.97 Å². The summed E-state index contributed by atoms with van der Waals surface area (Å²) in [6.07, 6.45) is 1.65. The number of anilines is 4. The number of hydrogen-bond donors (Lipinski definition) is 3. The molecule has 0 saturated carbocycles. The van der Waals surface area contributed by atoms with Crippen molar-refractivity contribution >= 4 is 49.6 Å². The molecule has 0 unspecified atom stereocenters. The van der Waals surface area contributed by atoms with Gasteiger partial charge >= 0.3 is 0 Å². The number of thiazole rings is 1. The van der Waals surface area contributed by atoms with Gasteiger partial charge in [-0.2, -0.15) is 0 Å². The molecule has 0 spiro atoms. The normalized spacial score (nSPS) is 11.1. The number of carbonyl (C=O) groups excluding carboxylic acids is 1. The maximum atomic E-state index is 13.1. The Hall–Kier alpha value is -3.76. The molecule has 3 N–H and O–H groups in total. The van der Waals surface area contributed by atoms with Crippen LogP contribution in [0.5, 0.6) is 0 Å². The molecule has 2 heterocycles. The number of amides is 1. The van der Waals surface area contributed by atoms with E-state index in [0.717, 1.165) is 11.1 Å². The van der Waals surface area contributed by atoms with Crippen LogP contribution in [-0.4, -0.2) is 24.3 Å². The van der Waals surface area contributed by atoms with E-state index in [1.165, 1.54) is 17.4 Å². The van der Waals surface area contributed by atoms with Crippen LogP contribution in [0, 0.1) is 20.8 Å². The van der Waals surface area contributed by atoms with Gasteiger partial charge in [0.15, 0.2) is 5.13 Å². The highest BCUT2D eigenvalue weighted by Crippen LogP contribution is 2.26. The average Bonchev–Trinajstić information content (AvgIpc) is 3.26. The van der Waals surface area contributed by atoms with Crippen molar-refractivity contribution in [3.63, 3.8) is 0 Å². The van der Waals surface area contributed by atoms with Gasteiger partial charge in [-0.1, -0.05) is 29.8 Å². The van der Waals surface area contributed by atoms with Gasteiger partial charge < -0.3 is 10.6 Å². The topological polar surface area (TPSA) is 113 Å². The summed E-state index contributed by atoms with van der Waals surface area (Å²) in [6.45, 7) is 5.50. The van der Waals surface area contributed by atoms with E-state index >= 15 is 0 Å². The molecule has 0 aliphatic carbocycles. The number of hydrogen-bond acceptors (Lipinski definition) is 7. The molecule has 8 nitrogen and oxygen atoms in total. The predicted octanol–water partition coefficient (Wildman–Crippen LogP) is 5.26. The predicted molar refractivity (Wildman–Crippen MR) is 135 cm³/mol. The first kappa shape index (κ1) is 23.4. The fourth-order valence-corrected chi connectivity index (χ4v) is 5.37. The summed E-state index contributed by atoms with van der Waals surface area (Å²) in [5.74, 6) is 0.174. The fraction of sp³-hybridized carbons (Fsp3) is 0.125. The van der Waals surface area contributed by atoms with Crippen LogP contribution in [0.2, 0.25) is 0 Å². The van der Waals surface area contributed by atoms with Gasteiger partial charge in [0.05, 0.1) is 10.6 Å². The van der Waals surface area contributed by atoms with E-state index in [9.17, 15) is 13.2 Å². The van der Waals surface area contributed by atoms with Crippen LogP contribution < -0.4 is 15.4 Å². The molecule has 2 aromatic carbocycles. The second-order valence-corrected chi connectivity index (χ2v) is 10.2. The molecule has 10 heteroatoms. The number of aryl methyl sites for hydroxylation is 3. The standard InChI is InChI=1S/C24H23N5O3S2/c1-15-7-10-19(17(3)12-15)29-34(31,32)21-13-18(9-8-16(21)2)26-23(30)20-14-33-24(27-20)28-22-6-4-5-11-25-22/h4-14,29H,1-3H3,(H,26,30)(H,25,27,28). The molecular weight excluding hydrogens is 470 g/mol. The molecule has 4 aromatic rings. The SMILES string of the molecule is Cc1ccc(NS(=O)(=O)c2cc(NC(=O)c3csc(Nc4ccccn4)n3)ccc2C)c(C)c1. The smallest absolute Gasteiger partial charge is 0.275 e. The molecule has 0 atom stereocenters. The van der Waals surface area contributed by atoms with Crippen molar-refractivity contribution in [3.05, 3.63) is 88.6 Å². The van der Waals surface area contributed by atoms with Crippen LogP contribution in [0.3, 0.4) is 0 Å². The van der Waals surface area contributed by atoms with Gasteiger partial charge in [-0.25, -0.2) is 18.4 Å². The van der Waals surface area contributed by atoms with E-state index < -0.39 is 15.9 Å². The molecule has 0 bridgehead atoms. The lowest BCUT2D eigenvalue weighted by Gasteiger charge is -2.14. The number of rotatable bonds is 7. The summed E-state index contributed by atoms with van der Waals surface area (Å²) < 4.78 is 28.8. The van der Waals surface area contributed by atoms with Crippen molar-refractivity contribution in [2.45, 2.75) is 25.7 Å². The molecule has 0 radical (unpaired) electrons. The van der Waals surface area contributed by atoms with E-state index in [0.29, 0.717) is 27.9 Å². The van der Waals surface area contributed by atoms with Crippen molar-refractivity contribution in [2.24, 2.45) is 0 Å². The molecule has 34 heavy (non-hydrogen) atoms. The minimum absolute atomic E-state index is 0.0843. The minimum atomic E-state index is -3.86. The zero-order valence-corrected chi connectivity index (χ0v) is 20.4. The summed E-state index contributed by atoms with van der Waals surface area (Å²) in [7, 11) is -3.86. The highest BCUT2D eigenvalue weighted by Gasteiger charge is 2.20. The number of pyridine rings is 1. The Kier molecular flexibility index (Phi) is 6.62. The van der Waals surface area contributed by atoms with Crippen molar-refractivity contribution in [1.29, 1.82) is 0 Å². The van der Waals surface area contributed by atoms with Crippen molar-refractivity contribution in [3.8, 4) is 0 Å². The summed E-state index contributed by atoms with van der Waals surface area (Å²) in [6, 6.07) is 15.7. The van der Waals surface area contributed by atoms with Crippen LogP contribution in [-0.2, 0) is 10.0 Å². The van der Waals surface area contributed by atoms with Gasteiger partial charge in [0.25, 0.3) is 15.9 Å². The summed E-state index contributed by atoms with van der Waals surface area (Å²) in [4.78, 5) is 21.3. The third kappa shape index (κ3) is 5.41. The molecule has 0 aliphatic rings. The zero-order chi connectivity index (χ0) is 24.3. The first-order valence-corrected chi connectivity index (χ1v) is 12.7. The van der Waals surface area contributed by atoms with Gasteiger partial charge in [0.1, 0.15) is 11.5 Å². The number of sulfonamides is 1. The van der Waals surface area contributed by atoms with E-state index in [1.807, 2.05) is 32.0 Å².